The van der Waals surface area contributed by atoms with Crippen LogP contribution in [0.25, 0.3) is 5.57 Å². The molecule has 1 amide bonds. The molecule has 0 unspecified atom stereocenters. The van der Waals surface area contributed by atoms with Crippen LogP contribution in [0.5, 0.6) is 0 Å². The van der Waals surface area contributed by atoms with Crippen molar-refractivity contribution in [3.8, 4) is 0 Å². The number of carboxylic acids is 1. The number of carbonyl (C=O) groups is 2. The average molecular weight is 298 g/mol. The molecule has 0 saturated carbocycles. The van der Waals surface area contributed by atoms with Crippen LogP contribution >= 0.6 is 11.6 Å². The van der Waals surface area contributed by atoms with Crippen LogP contribution in [0.4, 0.5) is 10.5 Å². The third-order valence-corrected chi connectivity index (χ3v) is 2.54. The Kier molecular flexibility index (Phi) is 4.78. The van der Waals surface area contributed by atoms with Crippen molar-refractivity contribution in [1.82, 2.24) is 0 Å². The molecule has 0 aliphatic rings. The van der Waals surface area contributed by atoms with Crippen molar-refractivity contribution < 1.29 is 19.4 Å². The van der Waals surface area contributed by atoms with Gasteiger partial charge in [-0.3, -0.25) is 5.32 Å². The van der Waals surface area contributed by atoms with Gasteiger partial charge in [-0.2, -0.15) is 0 Å². The minimum atomic E-state index is -1.14. The molecule has 5 nitrogen and oxygen atoms in total. The van der Waals surface area contributed by atoms with Crippen molar-refractivity contribution in [3.63, 3.8) is 0 Å². The van der Waals surface area contributed by atoms with Crippen LogP contribution in [-0.4, -0.2) is 22.8 Å². The quantitative estimate of drug-likeness (QED) is 0.832. The second-order valence-corrected chi connectivity index (χ2v) is 5.51. The van der Waals surface area contributed by atoms with Crippen LogP contribution in [0.1, 0.15) is 26.3 Å². The lowest BCUT2D eigenvalue weighted by Gasteiger charge is -2.20. The highest BCUT2D eigenvalue weighted by Gasteiger charge is 2.18. The Morgan fingerprint density at radius 1 is 1.35 bits per heavy atom. The molecule has 0 heterocycles. The zero-order valence-corrected chi connectivity index (χ0v) is 12.2. The topological polar surface area (TPSA) is 75.6 Å². The summed E-state index contributed by atoms with van der Waals surface area (Å²) in [5.74, 6) is -1.14. The normalized spacial score (nSPS) is 10.8. The van der Waals surface area contributed by atoms with E-state index in [4.69, 9.17) is 21.4 Å². The second kappa shape index (κ2) is 5.96. The van der Waals surface area contributed by atoms with E-state index in [-0.39, 0.29) is 16.3 Å². The van der Waals surface area contributed by atoms with E-state index in [0.717, 1.165) is 0 Å². The van der Waals surface area contributed by atoms with Crippen molar-refractivity contribution >= 4 is 34.9 Å². The molecule has 0 aliphatic heterocycles. The summed E-state index contributed by atoms with van der Waals surface area (Å²) in [6, 6.07) is 4.43. The molecule has 108 valence electrons. The van der Waals surface area contributed by atoms with Gasteiger partial charge in [0.1, 0.15) is 5.60 Å². The summed E-state index contributed by atoms with van der Waals surface area (Å²) >= 11 is 5.95. The van der Waals surface area contributed by atoms with Gasteiger partial charge in [0, 0.05) is 0 Å². The Labute approximate surface area is 122 Å². The number of carbonyl (C=O) groups excluding carboxylic acids is 1. The SMILES string of the molecule is C=C(C(=O)O)c1ccc(Cl)c(NC(=O)OC(C)(C)C)c1. The molecule has 2 N–H and O–H groups in total. The molecule has 0 bridgehead atoms. The molecule has 0 aromatic heterocycles. The molecule has 1 aromatic rings. The molecule has 0 fully saturated rings. The number of halogens is 1. The summed E-state index contributed by atoms with van der Waals surface area (Å²) in [4.78, 5) is 22.5. The van der Waals surface area contributed by atoms with E-state index in [1.807, 2.05) is 0 Å². The van der Waals surface area contributed by atoms with Gasteiger partial charge < -0.3 is 9.84 Å². The second-order valence-electron chi connectivity index (χ2n) is 5.11. The molecule has 1 rings (SSSR count). The summed E-state index contributed by atoms with van der Waals surface area (Å²) < 4.78 is 5.10. The van der Waals surface area contributed by atoms with Gasteiger partial charge in [-0.05, 0) is 38.5 Å². The van der Waals surface area contributed by atoms with Crippen molar-refractivity contribution in [2.45, 2.75) is 26.4 Å². The van der Waals surface area contributed by atoms with Gasteiger partial charge >= 0.3 is 12.1 Å². The van der Waals surface area contributed by atoms with Crippen LogP contribution in [0.3, 0.4) is 0 Å². The summed E-state index contributed by atoms with van der Waals surface area (Å²) in [5.41, 5.74) is -0.110. The van der Waals surface area contributed by atoms with Gasteiger partial charge in [-0.1, -0.05) is 24.2 Å². The zero-order valence-electron chi connectivity index (χ0n) is 11.5. The van der Waals surface area contributed by atoms with Crippen LogP contribution in [0.15, 0.2) is 24.8 Å². The van der Waals surface area contributed by atoms with Crippen LogP contribution in [0, 0.1) is 0 Å². The highest BCUT2D eigenvalue weighted by Crippen LogP contribution is 2.26. The van der Waals surface area contributed by atoms with Crippen molar-refractivity contribution in [3.05, 3.63) is 35.4 Å². The fraction of sp³-hybridized carbons (Fsp3) is 0.286. The highest BCUT2D eigenvalue weighted by atomic mass is 35.5. The van der Waals surface area contributed by atoms with E-state index in [1.54, 1.807) is 20.8 Å². The number of carboxylic acid groups (broad SMARTS) is 1. The standard InChI is InChI=1S/C14H16ClNO4/c1-8(12(17)18)9-5-6-10(15)11(7-9)16-13(19)20-14(2,3)4/h5-7H,1H2,2-4H3,(H,16,19)(H,17,18). The third kappa shape index (κ3) is 4.59. The number of anilines is 1. The molecule has 0 radical (unpaired) electrons. The van der Waals surface area contributed by atoms with Crippen LogP contribution in [0.2, 0.25) is 5.02 Å². The maximum absolute atomic E-state index is 11.7. The lowest BCUT2D eigenvalue weighted by Crippen LogP contribution is -2.27. The predicted octanol–water partition coefficient (Wildman–Crippen LogP) is 3.78. The predicted molar refractivity (Wildman–Crippen MR) is 78.0 cm³/mol. The van der Waals surface area contributed by atoms with Gasteiger partial charge in [0.15, 0.2) is 0 Å². The number of amides is 1. The maximum atomic E-state index is 11.7. The summed E-state index contributed by atoms with van der Waals surface area (Å²) in [6.45, 7) is 8.65. The number of nitrogens with one attached hydrogen (secondary N) is 1. The molecule has 1 aromatic carbocycles. The van der Waals surface area contributed by atoms with E-state index in [2.05, 4.69) is 11.9 Å². The van der Waals surface area contributed by atoms with Gasteiger partial charge in [-0.25, -0.2) is 9.59 Å². The molecule has 0 spiro atoms. The minimum Gasteiger partial charge on any atom is -0.478 e. The lowest BCUT2D eigenvalue weighted by molar-refractivity contribution is -0.130. The number of ether oxygens (including phenoxy) is 1. The Bertz CT molecular complexity index is 561. The van der Waals surface area contributed by atoms with Crippen LogP contribution < -0.4 is 5.32 Å². The van der Waals surface area contributed by atoms with Crippen molar-refractivity contribution in [1.29, 1.82) is 0 Å². The largest absolute Gasteiger partial charge is 0.478 e. The average Bonchev–Trinajstić information content (AvgIpc) is 2.28. The first-order valence-electron chi connectivity index (χ1n) is 5.82. The zero-order chi connectivity index (χ0) is 15.5. The van der Waals surface area contributed by atoms with Gasteiger partial charge in [0.2, 0.25) is 0 Å². The number of benzene rings is 1. The third-order valence-electron chi connectivity index (χ3n) is 2.21. The van der Waals surface area contributed by atoms with Crippen molar-refractivity contribution in [2.24, 2.45) is 0 Å². The van der Waals surface area contributed by atoms with Crippen LogP contribution in [-0.2, 0) is 9.53 Å². The molecular weight excluding hydrogens is 282 g/mol. The van der Waals surface area contributed by atoms with E-state index in [9.17, 15) is 9.59 Å². The first kappa shape index (κ1) is 16.0. The lowest BCUT2D eigenvalue weighted by atomic mass is 10.1. The molecule has 20 heavy (non-hydrogen) atoms. The van der Waals surface area contributed by atoms with Gasteiger partial charge in [0.25, 0.3) is 0 Å². The first-order valence-corrected chi connectivity index (χ1v) is 6.20. The van der Waals surface area contributed by atoms with E-state index in [0.29, 0.717) is 5.56 Å². The molecular formula is C14H16ClNO4. The molecule has 0 atom stereocenters. The number of hydrogen-bond donors (Lipinski definition) is 2. The minimum absolute atomic E-state index is 0.0890. The fourth-order valence-electron chi connectivity index (χ4n) is 1.35. The first-order chi connectivity index (χ1) is 9.10. The van der Waals surface area contributed by atoms with Crippen molar-refractivity contribution in [2.75, 3.05) is 5.32 Å². The number of hydrogen-bond acceptors (Lipinski definition) is 3. The maximum Gasteiger partial charge on any atom is 0.412 e. The molecule has 0 aliphatic carbocycles. The fourth-order valence-corrected chi connectivity index (χ4v) is 1.51. The summed E-state index contributed by atoms with van der Waals surface area (Å²) in [6.07, 6.45) is -0.669. The monoisotopic (exact) mass is 297 g/mol. The summed E-state index contributed by atoms with van der Waals surface area (Å²) in [5, 5.41) is 11.6. The smallest absolute Gasteiger partial charge is 0.412 e. The van der Waals surface area contributed by atoms with Gasteiger partial charge in [-0.15, -0.1) is 0 Å². The number of rotatable bonds is 3. The van der Waals surface area contributed by atoms with Gasteiger partial charge in [0.05, 0.1) is 16.3 Å². The van der Waals surface area contributed by atoms with E-state index >= 15 is 0 Å². The molecule has 6 heteroatoms. The number of aliphatic carboxylic acids is 1. The Balaban J connectivity index is 2.95. The Hall–Kier alpha value is -2.01. The highest BCUT2D eigenvalue weighted by molar-refractivity contribution is 6.33. The van der Waals surface area contributed by atoms with E-state index in [1.165, 1.54) is 18.2 Å². The Morgan fingerprint density at radius 3 is 2.45 bits per heavy atom. The molecule has 0 saturated heterocycles. The summed E-state index contributed by atoms with van der Waals surface area (Å²) in [7, 11) is 0. The Morgan fingerprint density at radius 2 is 1.95 bits per heavy atom. The van der Waals surface area contributed by atoms with E-state index < -0.39 is 17.7 Å².